The van der Waals surface area contributed by atoms with E-state index in [2.05, 4.69) is 4.98 Å². The largest absolute Gasteiger partial charge is 0.358 e. The summed E-state index contributed by atoms with van der Waals surface area (Å²) in [5.41, 5.74) is 2.63. The highest BCUT2D eigenvalue weighted by molar-refractivity contribution is 8.23. The molecule has 0 aliphatic heterocycles. The Kier molecular flexibility index (Phi) is 6.61. The molecule has 1 heterocycles. The molecule has 0 saturated heterocycles. The van der Waals surface area contributed by atoms with Gasteiger partial charge in [0.2, 0.25) is 0 Å². The van der Waals surface area contributed by atoms with E-state index in [1.165, 1.54) is 18.7 Å². The molecule has 0 radical (unpaired) electrons. The summed E-state index contributed by atoms with van der Waals surface area (Å²) in [4.78, 5) is 29.0. The molecule has 21 heavy (non-hydrogen) atoms. The molecule has 0 aliphatic carbocycles. The second-order valence-corrected chi connectivity index (χ2v) is 6.44. The number of hydrogen-bond donors (Lipinski definition) is 1. The maximum absolute atomic E-state index is 12.3. The molecule has 0 atom stereocenters. The molecule has 0 bridgehead atoms. The number of ketones is 2. The normalized spacial score (nSPS) is 10.5. The van der Waals surface area contributed by atoms with Gasteiger partial charge in [0, 0.05) is 24.3 Å². The summed E-state index contributed by atoms with van der Waals surface area (Å²) in [6.45, 7) is 10.9. The van der Waals surface area contributed by atoms with E-state index in [-0.39, 0.29) is 17.3 Å². The van der Waals surface area contributed by atoms with E-state index < -0.39 is 0 Å². The summed E-state index contributed by atoms with van der Waals surface area (Å²) in [7, 11) is 0. The fraction of sp³-hybridized carbons (Fsp3) is 0.533. The predicted molar refractivity (Wildman–Crippen MR) is 92.6 cm³/mol. The number of aromatic amines is 1. The highest BCUT2D eigenvalue weighted by atomic mass is 32.2. The van der Waals surface area contributed by atoms with Crippen LogP contribution in [-0.4, -0.2) is 44.6 Å². The van der Waals surface area contributed by atoms with E-state index in [1.807, 2.05) is 25.7 Å². The lowest BCUT2D eigenvalue weighted by molar-refractivity contribution is 0.101. The number of aromatic nitrogens is 1. The van der Waals surface area contributed by atoms with Gasteiger partial charge < -0.3 is 9.88 Å². The van der Waals surface area contributed by atoms with E-state index in [0.29, 0.717) is 11.3 Å². The maximum atomic E-state index is 12.3. The van der Waals surface area contributed by atoms with Crippen LogP contribution in [-0.2, 0) is 0 Å². The van der Waals surface area contributed by atoms with Gasteiger partial charge in [0.1, 0.15) is 4.32 Å². The zero-order chi connectivity index (χ0) is 16.2. The Bertz CT molecular complexity index is 560. The van der Waals surface area contributed by atoms with Crippen LogP contribution in [0.4, 0.5) is 0 Å². The van der Waals surface area contributed by atoms with E-state index >= 15 is 0 Å². The van der Waals surface area contributed by atoms with Crippen LogP contribution in [0.2, 0.25) is 0 Å². The maximum Gasteiger partial charge on any atom is 0.189 e. The van der Waals surface area contributed by atoms with Crippen LogP contribution >= 0.6 is 24.0 Å². The first-order chi connectivity index (χ1) is 9.83. The SMILES string of the molecule is CCN(CC)C(=S)SCC(=O)c1[nH]c(C)c(C(C)=O)c1C. The van der Waals surface area contributed by atoms with Crippen molar-refractivity contribution >= 4 is 39.9 Å². The van der Waals surface area contributed by atoms with Crippen molar-refractivity contribution in [2.75, 3.05) is 18.8 Å². The summed E-state index contributed by atoms with van der Waals surface area (Å²) in [6, 6.07) is 0. The van der Waals surface area contributed by atoms with Crippen LogP contribution < -0.4 is 0 Å². The zero-order valence-electron chi connectivity index (χ0n) is 13.2. The van der Waals surface area contributed by atoms with Crippen molar-refractivity contribution in [2.24, 2.45) is 0 Å². The van der Waals surface area contributed by atoms with E-state index in [1.54, 1.807) is 6.92 Å². The van der Waals surface area contributed by atoms with Gasteiger partial charge in [-0.25, -0.2) is 0 Å². The van der Waals surface area contributed by atoms with Crippen molar-refractivity contribution in [3.05, 3.63) is 22.5 Å². The van der Waals surface area contributed by atoms with Crippen LogP contribution in [0.5, 0.6) is 0 Å². The molecule has 0 spiro atoms. The summed E-state index contributed by atoms with van der Waals surface area (Å²) in [5.74, 6) is 0.238. The summed E-state index contributed by atoms with van der Waals surface area (Å²) < 4.78 is 0.737. The van der Waals surface area contributed by atoms with Crippen molar-refractivity contribution in [3.63, 3.8) is 0 Å². The molecular weight excluding hydrogens is 304 g/mol. The molecule has 0 aliphatic rings. The number of nitrogens with one attached hydrogen (secondary N) is 1. The Morgan fingerprint density at radius 1 is 1.24 bits per heavy atom. The number of Topliss-reactive ketones (excluding diaryl/α,β-unsaturated/α-hetero) is 2. The quantitative estimate of drug-likeness (QED) is 0.641. The molecule has 1 aromatic heterocycles. The van der Waals surface area contributed by atoms with Gasteiger partial charge in [0.25, 0.3) is 0 Å². The molecule has 0 aromatic carbocycles. The number of H-pyrrole nitrogens is 1. The van der Waals surface area contributed by atoms with Crippen molar-refractivity contribution in [1.29, 1.82) is 0 Å². The third-order valence-corrected chi connectivity index (χ3v) is 4.94. The summed E-state index contributed by atoms with van der Waals surface area (Å²) in [6.07, 6.45) is 0. The highest BCUT2D eigenvalue weighted by Gasteiger charge is 2.20. The lowest BCUT2D eigenvalue weighted by Crippen LogP contribution is -2.27. The van der Waals surface area contributed by atoms with E-state index in [4.69, 9.17) is 12.2 Å². The minimum atomic E-state index is -0.0254. The van der Waals surface area contributed by atoms with Crippen molar-refractivity contribution in [1.82, 2.24) is 9.88 Å². The Labute approximate surface area is 135 Å². The summed E-state index contributed by atoms with van der Waals surface area (Å²) in [5, 5.41) is 0. The van der Waals surface area contributed by atoms with Gasteiger partial charge in [0.15, 0.2) is 11.6 Å². The molecule has 4 nitrogen and oxygen atoms in total. The first-order valence-corrected chi connectivity index (χ1v) is 8.37. The molecule has 0 amide bonds. The molecule has 1 N–H and O–H groups in total. The van der Waals surface area contributed by atoms with Gasteiger partial charge in [-0.1, -0.05) is 24.0 Å². The van der Waals surface area contributed by atoms with Gasteiger partial charge >= 0.3 is 0 Å². The second-order valence-electron chi connectivity index (χ2n) is 4.83. The average Bonchev–Trinajstić information content (AvgIpc) is 2.72. The lowest BCUT2D eigenvalue weighted by atomic mass is 10.1. The monoisotopic (exact) mass is 326 g/mol. The Morgan fingerprint density at radius 2 is 1.81 bits per heavy atom. The van der Waals surface area contributed by atoms with Gasteiger partial charge in [0.05, 0.1) is 11.4 Å². The van der Waals surface area contributed by atoms with Crippen molar-refractivity contribution in [2.45, 2.75) is 34.6 Å². The second kappa shape index (κ2) is 7.75. The van der Waals surface area contributed by atoms with Crippen molar-refractivity contribution < 1.29 is 9.59 Å². The van der Waals surface area contributed by atoms with Crippen LogP contribution in [0, 0.1) is 13.8 Å². The third-order valence-electron chi connectivity index (χ3n) is 3.42. The molecule has 1 aromatic rings. The van der Waals surface area contributed by atoms with Gasteiger partial charge in [-0.15, -0.1) is 0 Å². The molecule has 116 valence electrons. The number of aryl methyl sites for hydroxylation is 1. The van der Waals surface area contributed by atoms with E-state index in [9.17, 15) is 9.59 Å². The topological polar surface area (TPSA) is 53.2 Å². The summed E-state index contributed by atoms with van der Waals surface area (Å²) >= 11 is 6.69. The molecule has 0 saturated carbocycles. The van der Waals surface area contributed by atoms with Crippen LogP contribution in [0.15, 0.2) is 0 Å². The highest BCUT2D eigenvalue weighted by Crippen LogP contribution is 2.21. The number of nitrogens with zero attached hydrogens (tertiary/aromatic N) is 1. The molecule has 6 heteroatoms. The third kappa shape index (κ3) is 4.17. The number of carbonyl (C=O) groups excluding carboxylic acids is 2. The van der Waals surface area contributed by atoms with Crippen LogP contribution in [0.3, 0.4) is 0 Å². The van der Waals surface area contributed by atoms with Gasteiger partial charge in [-0.3, -0.25) is 9.59 Å². The first-order valence-electron chi connectivity index (χ1n) is 6.98. The number of thioether (sulfide) groups is 1. The fourth-order valence-corrected chi connectivity index (χ4v) is 3.60. The Balaban J connectivity index is 2.80. The van der Waals surface area contributed by atoms with Gasteiger partial charge in [-0.2, -0.15) is 0 Å². The fourth-order valence-electron chi connectivity index (χ4n) is 2.33. The standard InChI is InChI=1S/C15H22N2O2S2/c1-6-17(7-2)15(20)21-8-12(19)14-9(3)13(11(5)18)10(4)16-14/h16H,6-8H2,1-5H3. The zero-order valence-corrected chi connectivity index (χ0v) is 14.8. The smallest absolute Gasteiger partial charge is 0.189 e. The molecular formula is C15H22N2O2S2. The predicted octanol–water partition coefficient (Wildman–Crippen LogP) is 3.38. The van der Waals surface area contributed by atoms with Crippen LogP contribution in [0.25, 0.3) is 0 Å². The first kappa shape index (κ1) is 17.9. The minimum Gasteiger partial charge on any atom is -0.358 e. The number of thiocarbonyl (C=S) groups is 1. The number of hydrogen-bond acceptors (Lipinski definition) is 4. The van der Waals surface area contributed by atoms with Crippen molar-refractivity contribution in [3.8, 4) is 0 Å². The number of rotatable bonds is 6. The molecule has 0 fully saturated rings. The minimum absolute atomic E-state index is 0.0217. The average molecular weight is 326 g/mol. The Morgan fingerprint density at radius 3 is 2.24 bits per heavy atom. The lowest BCUT2D eigenvalue weighted by Gasteiger charge is -2.20. The van der Waals surface area contributed by atoms with Crippen LogP contribution in [0.1, 0.15) is 52.9 Å². The number of carbonyl (C=O) groups is 2. The van der Waals surface area contributed by atoms with Gasteiger partial charge in [-0.05, 0) is 40.2 Å². The van der Waals surface area contributed by atoms with E-state index in [0.717, 1.165) is 28.7 Å². The Hall–Kier alpha value is -1.14. The molecule has 0 unspecified atom stereocenters. The molecule has 1 rings (SSSR count).